The summed E-state index contributed by atoms with van der Waals surface area (Å²) in [6.45, 7) is 2.23. The van der Waals surface area contributed by atoms with Crippen LogP contribution in [0.3, 0.4) is 0 Å². The second-order valence-electron chi connectivity index (χ2n) is 3.29. The summed E-state index contributed by atoms with van der Waals surface area (Å²) in [5.74, 6) is -0.222. The Morgan fingerprint density at radius 3 is 3.13 bits per heavy atom. The molecule has 0 aromatic heterocycles. The minimum atomic E-state index is -0.222. The molecule has 2 nitrogen and oxygen atoms in total. The fraction of sp³-hybridized carbons (Fsp3) is 0.250. The van der Waals surface area contributed by atoms with Gasteiger partial charge in [-0.05, 0) is 28.9 Å². The Morgan fingerprint density at radius 1 is 1.67 bits per heavy atom. The lowest BCUT2D eigenvalue weighted by molar-refractivity contribution is -0.138. The summed E-state index contributed by atoms with van der Waals surface area (Å²) < 4.78 is 5.89. The average Bonchev–Trinajstić information content (AvgIpc) is 2.63. The summed E-state index contributed by atoms with van der Waals surface area (Å²) in [7, 11) is 0. The minimum Gasteiger partial charge on any atom is -0.463 e. The molecule has 0 heterocycles. The van der Waals surface area contributed by atoms with Gasteiger partial charge in [-0.3, -0.25) is 0 Å². The number of ether oxygens (including phenoxy) is 1. The highest BCUT2D eigenvalue weighted by Gasteiger charge is 2.29. The maximum Gasteiger partial charge on any atom is 0.335 e. The Kier molecular flexibility index (Phi) is 2.85. The van der Waals surface area contributed by atoms with Crippen molar-refractivity contribution in [2.75, 3.05) is 6.61 Å². The molecule has 0 bridgehead atoms. The van der Waals surface area contributed by atoms with Gasteiger partial charge in [-0.2, -0.15) is 0 Å². The molecule has 0 aromatic rings. The molecule has 0 fully saturated rings. The molecule has 2 aliphatic rings. The van der Waals surface area contributed by atoms with E-state index in [0.29, 0.717) is 18.6 Å². The summed E-state index contributed by atoms with van der Waals surface area (Å²) in [6.07, 6.45) is 9.36. The Hall–Kier alpha value is -1.18. The molecule has 0 unspecified atom stereocenters. The molecule has 76 valence electrons. The van der Waals surface area contributed by atoms with Crippen LogP contribution in [-0.4, -0.2) is 12.6 Å². The van der Waals surface area contributed by atoms with Crippen LogP contribution in [0.4, 0.5) is 0 Å². The third-order valence-corrected chi connectivity index (χ3v) is 3.03. The first kappa shape index (κ1) is 10.3. The van der Waals surface area contributed by atoms with E-state index >= 15 is 0 Å². The van der Waals surface area contributed by atoms with Crippen molar-refractivity contribution >= 4 is 21.9 Å². The molecular formula is C12H10BrO2+. The number of hydrogen-bond donors (Lipinski definition) is 0. The lowest BCUT2D eigenvalue weighted by Crippen LogP contribution is -2.06. The molecule has 3 heteroatoms. The van der Waals surface area contributed by atoms with Crippen LogP contribution in [0.25, 0.3) is 0 Å². The van der Waals surface area contributed by atoms with Gasteiger partial charge >= 0.3 is 5.97 Å². The topological polar surface area (TPSA) is 26.3 Å². The van der Waals surface area contributed by atoms with Gasteiger partial charge in [0, 0.05) is 0 Å². The summed E-state index contributed by atoms with van der Waals surface area (Å²) in [5.41, 5.74) is 2.90. The maximum absolute atomic E-state index is 11.5. The molecule has 0 radical (unpaired) electrons. The van der Waals surface area contributed by atoms with Gasteiger partial charge in [0.25, 0.3) is 0 Å². The van der Waals surface area contributed by atoms with Crippen LogP contribution < -0.4 is 0 Å². The number of esters is 1. The molecule has 0 spiro atoms. The standard InChI is InChI=1S/C12H10BrO2/c1-2-15-12(14)9-6-8-4-3-5-11(13)10(8)7-9/h3-4,6H,2,7H2,1H3/q+1. The quantitative estimate of drug-likeness (QED) is 0.567. The fourth-order valence-electron chi connectivity index (χ4n) is 1.62. The minimum absolute atomic E-state index is 0.222. The highest BCUT2D eigenvalue weighted by atomic mass is 79.9. The second kappa shape index (κ2) is 4.13. The number of carbonyl (C=O) groups excluding carboxylic acids is 1. The molecule has 2 rings (SSSR count). The zero-order valence-electron chi connectivity index (χ0n) is 8.34. The first-order chi connectivity index (χ1) is 7.22. The summed E-state index contributed by atoms with van der Waals surface area (Å²) in [5, 5.41) is 0. The zero-order chi connectivity index (χ0) is 10.8. The van der Waals surface area contributed by atoms with Crippen molar-refractivity contribution in [1.29, 1.82) is 0 Å². The van der Waals surface area contributed by atoms with Crippen LogP contribution in [0.2, 0.25) is 0 Å². The first-order valence-electron chi connectivity index (χ1n) is 4.79. The highest BCUT2D eigenvalue weighted by Crippen LogP contribution is 2.36. The van der Waals surface area contributed by atoms with Gasteiger partial charge in [0.1, 0.15) is 6.08 Å². The van der Waals surface area contributed by atoms with E-state index in [1.807, 2.05) is 25.2 Å². The normalized spacial score (nSPS) is 18.0. The average molecular weight is 266 g/mol. The number of halogens is 1. The Balaban J connectivity index is 2.17. The van der Waals surface area contributed by atoms with E-state index in [0.717, 1.165) is 15.6 Å². The Bertz CT molecular complexity index is 425. The van der Waals surface area contributed by atoms with Gasteiger partial charge in [-0.25, -0.2) is 4.79 Å². The van der Waals surface area contributed by atoms with Gasteiger partial charge in [0.2, 0.25) is 0 Å². The fourth-order valence-corrected chi connectivity index (χ4v) is 2.12. The van der Waals surface area contributed by atoms with E-state index in [1.54, 1.807) is 0 Å². The van der Waals surface area contributed by atoms with Crippen molar-refractivity contribution in [1.82, 2.24) is 0 Å². The molecule has 0 amide bonds. The third-order valence-electron chi connectivity index (χ3n) is 2.32. The molecule has 0 N–H and O–H groups in total. The van der Waals surface area contributed by atoms with Crippen molar-refractivity contribution in [2.45, 2.75) is 13.3 Å². The molecular weight excluding hydrogens is 256 g/mol. The first-order valence-corrected chi connectivity index (χ1v) is 5.58. The molecule has 0 saturated carbocycles. The highest BCUT2D eigenvalue weighted by molar-refractivity contribution is 9.11. The molecule has 15 heavy (non-hydrogen) atoms. The lowest BCUT2D eigenvalue weighted by atomic mass is 10.1. The van der Waals surface area contributed by atoms with Gasteiger partial charge < -0.3 is 4.74 Å². The van der Waals surface area contributed by atoms with E-state index < -0.39 is 0 Å². The van der Waals surface area contributed by atoms with E-state index in [2.05, 4.69) is 22.0 Å². The van der Waals surface area contributed by atoms with Crippen LogP contribution in [0.1, 0.15) is 13.3 Å². The maximum atomic E-state index is 11.5. The van der Waals surface area contributed by atoms with Crippen molar-refractivity contribution in [2.24, 2.45) is 0 Å². The van der Waals surface area contributed by atoms with Crippen LogP contribution in [0.5, 0.6) is 0 Å². The van der Waals surface area contributed by atoms with E-state index in [-0.39, 0.29) is 5.97 Å². The van der Waals surface area contributed by atoms with Gasteiger partial charge in [0.05, 0.1) is 41.9 Å². The predicted molar refractivity (Wildman–Crippen MR) is 61.2 cm³/mol. The van der Waals surface area contributed by atoms with Crippen LogP contribution in [0.15, 0.2) is 39.4 Å². The molecule has 0 aliphatic heterocycles. The summed E-state index contributed by atoms with van der Waals surface area (Å²) >= 11 is 3.42. The molecule has 0 saturated heterocycles. The van der Waals surface area contributed by atoms with E-state index in [4.69, 9.17) is 4.74 Å². The lowest BCUT2D eigenvalue weighted by Gasteiger charge is -2.00. The van der Waals surface area contributed by atoms with Gasteiger partial charge in [-0.1, -0.05) is 0 Å². The van der Waals surface area contributed by atoms with Crippen molar-refractivity contribution in [3.05, 3.63) is 45.5 Å². The van der Waals surface area contributed by atoms with E-state index in [1.165, 1.54) is 0 Å². The summed E-state index contributed by atoms with van der Waals surface area (Å²) in [6, 6.07) is 0. The number of rotatable bonds is 2. The van der Waals surface area contributed by atoms with Crippen molar-refractivity contribution < 1.29 is 9.53 Å². The third kappa shape index (κ3) is 1.94. The predicted octanol–water partition coefficient (Wildman–Crippen LogP) is 2.83. The molecule has 0 atom stereocenters. The van der Waals surface area contributed by atoms with Crippen molar-refractivity contribution in [3.8, 4) is 0 Å². The summed E-state index contributed by atoms with van der Waals surface area (Å²) in [4.78, 5) is 11.5. The monoisotopic (exact) mass is 265 g/mol. The van der Waals surface area contributed by atoms with Crippen molar-refractivity contribution in [3.63, 3.8) is 0 Å². The number of hydrogen-bond acceptors (Lipinski definition) is 2. The van der Waals surface area contributed by atoms with Gasteiger partial charge in [0.15, 0.2) is 4.48 Å². The smallest absolute Gasteiger partial charge is 0.335 e. The van der Waals surface area contributed by atoms with Crippen LogP contribution in [0, 0.1) is 6.08 Å². The molecule has 2 aliphatic carbocycles. The second-order valence-corrected chi connectivity index (χ2v) is 4.09. The molecule has 0 aromatic carbocycles. The SMILES string of the molecule is CCOC(=O)C1=CC2=C(C1)C(Br)=[C+]C=C2. The number of allylic oxidation sites excluding steroid dienone is 7. The van der Waals surface area contributed by atoms with Crippen LogP contribution >= 0.6 is 15.9 Å². The number of carbonyl (C=O) groups is 1. The van der Waals surface area contributed by atoms with Gasteiger partial charge in [-0.15, -0.1) is 0 Å². The van der Waals surface area contributed by atoms with E-state index in [9.17, 15) is 4.79 Å². The Morgan fingerprint density at radius 2 is 2.47 bits per heavy atom. The van der Waals surface area contributed by atoms with Crippen LogP contribution in [-0.2, 0) is 9.53 Å². The largest absolute Gasteiger partial charge is 0.463 e. The Labute approximate surface area is 97.1 Å². The zero-order valence-corrected chi connectivity index (χ0v) is 9.93.